The second-order valence-corrected chi connectivity index (χ2v) is 0.639. The maximum absolute atomic E-state index is 4.25. The molecule has 0 fully saturated rings. The van der Waals surface area contributed by atoms with E-state index < -0.39 is 0 Å². The van der Waals surface area contributed by atoms with Gasteiger partial charge in [0.25, 0.3) is 0 Å². The van der Waals surface area contributed by atoms with E-state index in [1.165, 1.54) is 9.72 Å². The van der Waals surface area contributed by atoms with E-state index in [-0.39, 0.29) is 0 Å². The first-order chi connectivity index (χ1) is 1.97. The lowest BCUT2D eigenvalue weighted by Crippen LogP contribution is -1.32. The first kappa shape index (κ1) is 0.878. The van der Waals surface area contributed by atoms with Crippen LogP contribution < -0.4 is 0 Å². The Labute approximate surface area is 20.3 Å². The second-order valence-electron chi connectivity index (χ2n) is 0.639. The van der Waals surface area contributed by atoms with Crippen LogP contribution in [0.15, 0.2) is 9.26 Å². The van der Waals surface area contributed by atoms with Gasteiger partial charge in [0.2, 0.25) is 0 Å². The molecular formula is N2O2. The van der Waals surface area contributed by atoms with Crippen LogP contribution >= 0.6 is 0 Å². The Kier molecular flexibility index (Phi) is 0.0134. The van der Waals surface area contributed by atoms with Gasteiger partial charge in [-0.2, -0.15) is 9.26 Å². The summed E-state index contributed by atoms with van der Waals surface area (Å²) in [6, 6.07) is 0. The summed E-state index contributed by atoms with van der Waals surface area (Å²) in [6.45, 7) is 0. The molecule has 2 heterocycles. The second kappa shape index (κ2) is 0.0611. The van der Waals surface area contributed by atoms with E-state index >= 15 is 0 Å². The van der Waals surface area contributed by atoms with Crippen molar-refractivity contribution < 1.29 is 9.26 Å². The standard InChI is InChI=1S/N2O2/c3-1-2(3)4-1. The van der Waals surface area contributed by atoms with E-state index in [0.717, 1.165) is 0 Å². The molecule has 0 N–H and O–H groups in total. The van der Waals surface area contributed by atoms with Crippen LogP contribution in [0.2, 0.25) is 0 Å². The molecule has 0 radical (unpaired) electrons. The van der Waals surface area contributed by atoms with Crippen molar-refractivity contribution in [2.24, 2.45) is 0 Å². The van der Waals surface area contributed by atoms with E-state index in [1.807, 2.05) is 0 Å². The largest absolute Gasteiger partial charge is 0.168 e. The number of hydrogen-bond donors (Lipinski definition) is 0. The van der Waals surface area contributed by atoms with Gasteiger partial charge in [-0.1, -0.05) is 0 Å². The molecule has 0 bridgehead atoms. The van der Waals surface area contributed by atoms with Gasteiger partial charge < -0.3 is 0 Å². The van der Waals surface area contributed by atoms with Crippen molar-refractivity contribution in [3.05, 3.63) is 0 Å². The van der Waals surface area contributed by atoms with Gasteiger partial charge in [0.1, 0.15) is 0 Å². The normalized spacial score (nSPS) is 13.0. The van der Waals surface area contributed by atoms with Crippen LogP contribution in [0.5, 0.6) is 0 Å². The first-order valence-electron chi connectivity index (χ1n) is 0.930. The molecule has 0 atom stereocenters. The first-order valence-corrected chi connectivity index (χ1v) is 0.930. The fourth-order valence-corrected chi connectivity index (χ4v) is 0.0930. The molecule has 4 nitrogen and oxygen atoms in total. The number of fused-ring (bicyclic) bond motifs is 1. The molecule has 0 unspecified atom stereocenters. The van der Waals surface area contributed by atoms with Gasteiger partial charge in [-0.25, -0.2) is 0 Å². The summed E-state index contributed by atoms with van der Waals surface area (Å²) < 4.78 is 8.50. The number of nitrogens with zero attached hydrogens (tertiary/aromatic N) is 2. The Morgan fingerprint density at radius 3 is 1.25 bits per heavy atom. The van der Waals surface area contributed by atoms with Crippen molar-refractivity contribution in [2.75, 3.05) is 0 Å². The maximum atomic E-state index is 4.25. The predicted octanol–water partition coefficient (Wildman–Crippen LogP) is -0.337. The van der Waals surface area contributed by atoms with Crippen molar-refractivity contribution in [2.45, 2.75) is 0 Å². The fourth-order valence-electron chi connectivity index (χ4n) is 0.0930. The highest BCUT2D eigenvalue weighted by atomic mass is 17.1. The number of hydrogen-bond acceptors (Lipinski definition) is 2. The van der Waals surface area contributed by atoms with Gasteiger partial charge in [0.05, 0.1) is 0 Å². The summed E-state index contributed by atoms with van der Waals surface area (Å²) in [5, 5.41) is 0. The highest BCUT2D eigenvalue weighted by Crippen LogP contribution is 1.97. The molecular weight excluding hydrogens is 60.0 g/mol. The van der Waals surface area contributed by atoms with Crippen LogP contribution in [-0.4, -0.2) is 9.72 Å². The van der Waals surface area contributed by atoms with E-state index in [9.17, 15) is 0 Å². The molecule has 0 saturated heterocycles. The van der Waals surface area contributed by atoms with Crippen molar-refractivity contribution >= 4 is 0 Å². The molecule has 0 spiro atoms. The Morgan fingerprint density at radius 2 is 1.25 bits per heavy atom. The zero-order chi connectivity index (χ0) is 2.57. The minimum atomic E-state index is 1.25. The number of rotatable bonds is 0. The Balaban J connectivity index is 3.72. The smallest absolute Gasteiger partial charge is 0.168 e. The zero-order valence-corrected chi connectivity index (χ0v) is 1.71. The van der Waals surface area contributed by atoms with E-state index in [4.69, 9.17) is 0 Å². The van der Waals surface area contributed by atoms with Gasteiger partial charge in [-0.05, 0) is 0 Å². The summed E-state index contributed by atoms with van der Waals surface area (Å²) in [5.41, 5.74) is 0. The van der Waals surface area contributed by atoms with Crippen molar-refractivity contribution in [1.29, 1.82) is 0 Å². The Bertz CT molecular complexity index is 127. The lowest BCUT2D eigenvalue weighted by Gasteiger charge is -1.32. The monoisotopic (exact) mass is 60.0 g/mol. The van der Waals surface area contributed by atoms with Gasteiger partial charge >= 0.3 is 0 Å². The lowest BCUT2D eigenvalue weighted by atomic mass is 13.2. The summed E-state index contributed by atoms with van der Waals surface area (Å²) in [7, 11) is 0. The SMILES string of the molecule is o1n2on12. The van der Waals surface area contributed by atoms with Crippen LogP contribution in [0.25, 0.3) is 0 Å². The third kappa shape index (κ3) is 0.000926. The summed E-state index contributed by atoms with van der Waals surface area (Å²) >= 11 is 0. The van der Waals surface area contributed by atoms with E-state index in [2.05, 4.69) is 9.26 Å². The van der Waals surface area contributed by atoms with Crippen LogP contribution in [0.3, 0.4) is 0 Å². The number of aromatic nitrogens is 2. The van der Waals surface area contributed by atoms with Crippen molar-refractivity contribution in [1.82, 2.24) is 9.72 Å². The molecule has 0 aliphatic rings. The molecule has 4 heavy (non-hydrogen) atoms. The van der Waals surface area contributed by atoms with E-state index in [1.54, 1.807) is 0 Å². The van der Waals surface area contributed by atoms with Crippen LogP contribution in [0.1, 0.15) is 0 Å². The molecule has 2 aromatic rings. The van der Waals surface area contributed by atoms with Crippen LogP contribution in [0.4, 0.5) is 0 Å². The minimum absolute atomic E-state index is 1.25. The molecule has 0 aliphatic heterocycles. The minimum Gasteiger partial charge on any atom is -0.168 e. The molecule has 22 valence electrons. The zero-order valence-electron chi connectivity index (χ0n) is 1.71. The molecule has 2 aromatic heterocycles. The van der Waals surface area contributed by atoms with Crippen LogP contribution in [0, 0.1) is 0 Å². The third-order valence-electron chi connectivity index (χ3n) is 0.363. The van der Waals surface area contributed by atoms with Crippen molar-refractivity contribution in [3.63, 3.8) is 0 Å². The average molecular weight is 60.0 g/mol. The summed E-state index contributed by atoms with van der Waals surface area (Å²) in [6.07, 6.45) is 0. The topological polar surface area (TPSA) is 35.1 Å². The predicted molar refractivity (Wildman–Crippen MR) is 6.56 cm³/mol. The highest BCUT2D eigenvalue weighted by molar-refractivity contribution is 3.95. The lowest BCUT2D eigenvalue weighted by molar-refractivity contribution is 0.151. The summed E-state index contributed by atoms with van der Waals surface area (Å²) in [5.74, 6) is 0. The molecule has 0 saturated carbocycles. The maximum Gasteiger partial charge on any atom is 0.168 e. The van der Waals surface area contributed by atoms with Gasteiger partial charge in [-0.15, -0.1) is 0 Å². The Morgan fingerprint density at radius 1 is 1.00 bits per heavy atom. The summed E-state index contributed by atoms with van der Waals surface area (Å²) in [4.78, 5) is 2.50. The fraction of sp³-hybridized carbons (Fsp3) is 0. The molecule has 0 amide bonds. The average Bonchev–Trinajstić information content (AvgIpc) is 1.36. The molecule has 0 aliphatic carbocycles. The van der Waals surface area contributed by atoms with Gasteiger partial charge in [-0.3, -0.25) is 0 Å². The molecule has 4 heteroatoms. The molecule has 0 aromatic carbocycles. The van der Waals surface area contributed by atoms with E-state index in [0.29, 0.717) is 0 Å². The highest BCUT2D eigenvalue weighted by Gasteiger charge is 2.14. The van der Waals surface area contributed by atoms with Gasteiger partial charge in [0, 0.05) is 0 Å². The quantitative estimate of drug-likeness (QED) is 0.417. The van der Waals surface area contributed by atoms with Gasteiger partial charge in [0.15, 0.2) is 9.72 Å². The third-order valence-corrected chi connectivity index (χ3v) is 0.363. The van der Waals surface area contributed by atoms with Crippen molar-refractivity contribution in [3.8, 4) is 0 Å². The molecule has 2 rings (SSSR count). The Hall–Kier alpha value is -0.800. The van der Waals surface area contributed by atoms with Crippen LogP contribution in [-0.2, 0) is 0 Å².